The van der Waals surface area contributed by atoms with Gasteiger partial charge in [0.25, 0.3) is 0 Å². The molecule has 3 rings (SSSR count). The molecule has 0 saturated carbocycles. The summed E-state index contributed by atoms with van der Waals surface area (Å²) in [7, 11) is 0. The highest BCUT2D eigenvalue weighted by molar-refractivity contribution is 5.91. The van der Waals surface area contributed by atoms with Crippen molar-refractivity contribution in [2.45, 2.75) is 6.54 Å². The third-order valence-corrected chi connectivity index (χ3v) is 3.22. The lowest BCUT2D eigenvalue weighted by atomic mass is 10.3. The molecule has 5 heteroatoms. The second-order valence-corrected chi connectivity index (χ2v) is 4.93. The number of nitrogens with zero attached hydrogens (tertiary/aromatic N) is 3. The van der Waals surface area contributed by atoms with E-state index in [0.29, 0.717) is 6.54 Å². The minimum Gasteiger partial charge on any atom is -0.347 e. The van der Waals surface area contributed by atoms with Crippen LogP contribution in [-0.2, 0) is 11.3 Å². The van der Waals surface area contributed by atoms with Crippen molar-refractivity contribution >= 4 is 12.0 Å². The number of hydrogen-bond donors (Lipinski definition) is 1. The Bertz CT molecular complexity index is 794. The average Bonchev–Trinajstić information content (AvgIpc) is 3.09. The van der Waals surface area contributed by atoms with Gasteiger partial charge in [-0.05, 0) is 30.3 Å². The third-order valence-electron chi connectivity index (χ3n) is 3.22. The molecule has 0 bridgehead atoms. The van der Waals surface area contributed by atoms with Crippen LogP contribution in [0.25, 0.3) is 11.8 Å². The van der Waals surface area contributed by atoms with Crippen molar-refractivity contribution < 1.29 is 4.79 Å². The van der Waals surface area contributed by atoms with Gasteiger partial charge in [0.05, 0.1) is 24.1 Å². The molecule has 23 heavy (non-hydrogen) atoms. The van der Waals surface area contributed by atoms with Crippen molar-refractivity contribution in [2.24, 2.45) is 0 Å². The van der Waals surface area contributed by atoms with Gasteiger partial charge in [0.2, 0.25) is 5.91 Å². The quantitative estimate of drug-likeness (QED) is 0.737. The number of nitrogens with one attached hydrogen (secondary N) is 1. The van der Waals surface area contributed by atoms with Crippen LogP contribution >= 0.6 is 0 Å². The molecule has 5 nitrogen and oxygen atoms in total. The molecule has 0 atom stereocenters. The first kappa shape index (κ1) is 14.7. The number of carbonyl (C=O) groups excluding carboxylic acids is 1. The van der Waals surface area contributed by atoms with Gasteiger partial charge in [0, 0.05) is 24.0 Å². The summed E-state index contributed by atoms with van der Waals surface area (Å²) in [5, 5.41) is 7.07. The largest absolute Gasteiger partial charge is 0.347 e. The van der Waals surface area contributed by atoms with Gasteiger partial charge >= 0.3 is 0 Å². The van der Waals surface area contributed by atoms with Crippen LogP contribution in [0.15, 0.2) is 73.2 Å². The maximum atomic E-state index is 11.8. The summed E-state index contributed by atoms with van der Waals surface area (Å²) in [6.07, 6.45) is 8.53. The van der Waals surface area contributed by atoms with Crippen molar-refractivity contribution in [3.8, 4) is 5.69 Å². The van der Waals surface area contributed by atoms with E-state index in [1.807, 2.05) is 54.7 Å². The predicted molar refractivity (Wildman–Crippen MR) is 88.7 cm³/mol. The number of benzene rings is 1. The van der Waals surface area contributed by atoms with Crippen LogP contribution in [0.1, 0.15) is 11.3 Å². The second-order valence-electron chi connectivity index (χ2n) is 4.93. The lowest BCUT2D eigenvalue weighted by Crippen LogP contribution is -2.20. The molecule has 114 valence electrons. The topological polar surface area (TPSA) is 59.8 Å². The van der Waals surface area contributed by atoms with Gasteiger partial charge in [0.1, 0.15) is 0 Å². The molecule has 0 saturated heterocycles. The summed E-state index contributed by atoms with van der Waals surface area (Å²) >= 11 is 0. The fraction of sp³-hybridized carbons (Fsp3) is 0.0556. The Morgan fingerprint density at radius 2 is 1.96 bits per heavy atom. The number of rotatable bonds is 5. The van der Waals surface area contributed by atoms with E-state index in [2.05, 4.69) is 15.4 Å². The van der Waals surface area contributed by atoms with E-state index in [0.717, 1.165) is 16.9 Å². The van der Waals surface area contributed by atoms with Gasteiger partial charge in [-0.25, -0.2) is 4.68 Å². The molecule has 0 radical (unpaired) electrons. The van der Waals surface area contributed by atoms with Crippen LogP contribution in [-0.4, -0.2) is 20.7 Å². The summed E-state index contributed by atoms with van der Waals surface area (Å²) in [4.78, 5) is 16.0. The molecule has 0 spiro atoms. The molecule has 0 aliphatic heterocycles. The van der Waals surface area contributed by atoms with Gasteiger partial charge in [0.15, 0.2) is 0 Å². The Morgan fingerprint density at radius 3 is 2.74 bits per heavy atom. The fourth-order valence-electron chi connectivity index (χ4n) is 2.06. The molecule has 0 aliphatic carbocycles. The van der Waals surface area contributed by atoms with E-state index in [1.165, 1.54) is 6.08 Å². The zero-order chi connectivity index (χ0) is 15.9. The van der Waals surface area contributed by atoms with Crippen molar-refractivity contribution in [2.75, 3.05) is 0 Å². The van der Waals surface area contributed by atoms with Crippen LogP contribution in [0, 0.1) is 0 Å². The molecule has 2 aromatic heterocycles. The molecule has 3 aromatic rings. The van der Waals surface area contributed by atoms with E-state index in [-0.39, 0.29) is 5.91 Å². The number of amides is 1. The number of pyridine rings is 1. The number of hydrogen-bond acceptors (Lipinski definition) is 3. The Morgan fingerprint density at radius 1 is 1.13 bits per heavy atom. The summed E-state index contributed by atoms with van der Waals surface area (Å²) in [6.45, 7) is 0.410. The van der Waals surface area contributed by atoms with Gasteiger partial charge in [-0.3, -0.25) is 9.78 Å². The SMILES string of the molecule is O=C(/C=C/c1cnn(-c2ccccc2)c1)NCc1ccccn1. The fourth-order valence-corrected chi connectivity index (χ4v) is 2.06. The number of carbonyl (C=O) groups is 1. The summed E-state index contributed by atoms with van der Waals surface area (Å²) < 4.78 is 1.77. The number of aromatic nitrogens is 3. The van der Waals surface area contributed by atoms with Gasteiger partial charge in [-0.15, -0.1) is 0 Å². The normalized spacial score (nSPS) is 10.8. The van der Waals surface area contributed by atoms with Crippen molar-refractivity contribution in [3.05, 3.63) is 84.5 Å². The summed E-state index contributed by atoms with van der Waals surface area (Å²) in [6, 6.07) is 15.4. The Balaban J connectivity index is 1.58. The first-order valence-electron chi connectivity index (χ1n) is 7.27. The molecule has 2 heterocycles. The van der Waals surface area contributed by atoms with Crippen LogP contribution in [0.5, 0.6) is 0 Å². The highest BCUT2D eigenvalue weighted by atomic mass is 16.1. The Hall–Kier alpha value is -3.21. The molecule has 0 unspecified atom stereocenters. The summed E-state index contributed by atoms with van der Waals surface area (Å²) in [5.41, 5.74) is 2.67. The van der Waals surface area contributed by atoms with Crippen LogP contribution < -0.4 is 5.32 Å². The minimum absolute atomic E-state index is 0.164. The zero-order valence-corrected chi connectivity index (χ0v) is 12.5. The van der Waals surface area contributed by atoms with Crippen molar-refractivity contribution in [3.63, 3.8) is 0 Å². The lowest BCUT2D eigenvalue weighted by molar-refractivity contribution is -0.116. The number of para-hydroxylation sites is 1. The lowest BCUT2D eigenvalue weighted by Gasteiger charge is -2.00. The first-order chi connectivity index (χ1) is 11.3. The Labute approximate surface area is 134 Å². The molecular formula is C18H16N4O. The molecular weight excluding hydrogens is 288 g/mol. The third kappa shape index (κ3) is 4.14. The van der Waals surface area contributed by atoms with E-state index in [1.54, 1.807) is 23.2 Å². The average molecular weight is 304 g/mol. The van der Waals surface area contributed by atoms with E-state index < -0.39 is 0 Å². The Kier molecular flexibility index (Phi) is 4.59. The minimum atomic E-state index is -0.164. The standard InChI is InChI=1S/C18H16N4O/c23-18(20-13-16-6-4-5-11-19-16)10-9-15-12-21-22(14-15)17-7-2-1-3-8-17/h1-12,14H,13H2,(H,20,23)/b10-9+. The monoisotopic (exact) mass is 304 g/mol. The van der Waals surface area contributed by atoms with Gasteiger partial charge in [-0.1, -0.05) is 24.3 Å². The highest BCUT2D eigenvalue weighted by Gasteiger charge is 2.00. The van der Waals surface area contributed by atoms with Gasteiger partial charge < -0.3 is 5.32 Å². The first-order valence-corrected chi connectivity index (χ1v) is 7.27. The second kappa shape index (κ2) is 7.17. The van der Waals surface area contributed by atoms with E-state index >= 15 is 0 Å². The van der Waals surface area contributed by atoms with Crippen molar-refractivity contribution in [1.29, 1.82) is 0 Å². The maximum absolute atomic E-state index is 11.8. The van der Waals surface area contributed by atoms with E-state index in [9.17, 15) is 4.79 Å². The maximum Gasteiger partial charge on any atom is 0.244 e. The molecule has 1 aromatic carbocycles. The predicted octanol–water partition coefficient (Wildman–Crippen LogP) is 2.60. The zero-order valence-electron chi connectivity index (χ0n) is 12.5. The molecule has 0 aliphatic rings. The summed E-state index contributed by atoms with van der Waals surface area (Å²) in [5.74, 6) is -0.164. The van der Waals surface area contributed by atoms with Gasteiger partial charge in [-0.2, -0.15) is 5.10 Å². The van der Waals surface area contributed by atoms with Crippen molar-refractivity contribution in [1.82, 2.24) is 20.1 Å². The van der Waals surface area contributed by atoms with Crippen LogP contribution in [0.4, 0.5) is 0 Å². The van der Waals surface area contributed by atoms with Crippen LogP contribution in [0.2, 0.25) is 0 Å². The molecule has 0 fully saturated rings. The van der Waals surface area contributed by atoms with Crippen LogP contribution in [0.3, 0.4) is 0 Å². The van der Waals surface area contributed by atoms with E-state index in [4.69, 9.17) is 0 Å². The molecule has 1 amide bonds. The highest BCUT2D eigenvalue weighted by Crippen LogP contribution is 2.08. The smallest absolute Gasteiger partial charge is 0.244 e. The molecule has 1 N–H and O–H groups in total.